The summed E-state index contributed by atoms with van der Waals surface area (Å²) in [5, 5.41) is 0.662. The molecule has 1 amide bonds. The number of carbonyl (C=O) groups is 1. The molecule has 0 aliphatic rings. The first-order chi connectivity index (χ1) is 8.15. The third-order valence-corrected chi connectivity index (χ3v) is 3.02. The van der Waals surface area contributed by atoms with E-state index in [9.17, 15) is 4.79 Å². The van der Waals surface area contributed by atoms with Gasteiger partial charge in [0.1, 0.15) is 5.69 Å². The van der Waals surface area contributed by atoms with Crippen molar-refractivity contribution < 1.29 is 4.79 Å². The predicted octanol–water partition coefficient (Wildman–Crippen LogP) is 2.04. The summed E-state index contributed by atoms with van der Waals surface area (Å²) < 4.78 is 1.75. The second-order valence-corrected chi connectivity index (χ2v) is 4.03. The normalized spacial score (nSPS) is 10.3. The van der Waals surface area contributed by atoms with Crippen LogP contribution < -0.4 is 11.3 Å². The van der Waals surface area contributed by atoms with Crippen LogP contribution in [0.4, 0.5) is 0 Å². The Bertz CT molecular complexity index is 563. The molecule has 0 spiro atoms. The van der Waals surface area contributed by atoms with Crippen LogP contribution in [0.5, 0.6) is 0 Å². The van der Waals surface area contributed by atoms with Crippen molar-refractivity contribution in [3.8, 4) is 5.69 Å². The molecule has 0 atom stereocenters. The van der Waals surface area contributed by atoms with Crippen molar-refractivity contribution in [2.45, 2.75) is 6.92 Å². The molecule has 17 heavy (non-hydrogen) atoms. The van der Waals surface area contributed by atoms with Crippen LogP contribution in [0.3, 0.4) is 0 Å². The van der Waals surface area contributed by atoms with Gasteiger partial charge in [0.15, 0.2) is 0 Å². The monoisotopic (exact) mass is 249 g/mol. The van der Waals surface area contributed by atoms with E-state index in [0.29, 0.717) is 10.7 Å². The number of benzene rings is 1. The Morgan fingerprint density at radius 3 is 2.82 bits per heavy atom. The summed E-state index contributed by atoms with van der Waals surface area (Å²) in [6.45, 7) is 1.90. The number of nitrogens with zero attached hydrogens (tertiary/aromatic N) is 1. The van der Waals surface area contributed by atoms with Gasteiger partial charge in [-0.05, 0) is 36.8 Å². The number of nitrogen functional groups attached to an aromatic ring is 1. The van der Waals surface area contributed by atoms with Gasteiger partial charge in [0.05, 0.1) is 5.69 Å². The summed E-state index contributed by atoms with van der Waals surface area (Å²) in [6, 6.07) is 9.03. The summed E-state index contributed by atoms with van der Waals surface area (Å²) in [5.41, 5.74) is 4.36. The smallest absolute Gasteiger partial charge is 0.282 e. The highest BCUT2D eigenvalue weighted by atomic mass is 35.5. The largest absolute Gasteiger partial charge is 0.312 e. The number of halogens is 1. The Labute approximate surface area is 104 Å². The van der Waals surface area contributed by atoms with Crippen LogP contribution in [-0.2, 0) is 0 Å². The SMILES string of the molecule is Cc1c(Cl)cccc1-n1cccc1C(=O)NN. The lowest BCUT2D eigenvalue weighted by Gasteiger charge is -2.11. The van der Waals surface area contributed by atoms with Crippen molar-refractivity contribution in [3.05, 3.63) is 52.8 Å². The van der Waals surface area contributed by atoms with Gasteiger partial charge in [0, 0.05) is 11.2 Å². The molecular formula is C12H12ClN3O. The van der Waals surface area contributed by atoms with Crippen molar-refractivity contribution >= 4 is 17.5 Å². The van der Waals surface area contributed by atoms with Gasteiger partial charge in [0.25, 0.3) is 5.91 Å². The maximum absolute atomic E-state index is 11.6. The first-order valence-electron chi connectivity index (χ1n) is 5.09. The average Bonchev–Trinajstić information content (AvgIpc) is 2.80. The fourth-order valence-electron chi connectivity index (χ4n) is 1.71. The number of carbonyl (C=O) groups excluding carboxylic acids is 1. The standard InChI is InChI=1S/C12H12ClN3O/c1-8-9(13)4-2-5-10(8)16-7-3-6-11(16)12(17)15-14/h2-7H,14H2,1H3,(H,15,17). The second-order valence-electron chi connectivity index (χ2n) is 3.62. The molecule has 0 fully saturated rings. The molecule has 5 heteroatoms. The van der Waals surface area contributed by atoms with Gasteiger partial charge in [-0.15, -0.1) is 0 Å². The lowest BCUT2D eigenvalue weighted by atomic mass is 10.2. The predicted molar refractivity (Wildman–Crippen MR) is 67.2 cm³/mol. The van der Waals surface area contributed by atoms with Crippen LogP contribution in [0.1, 0.15) is 16.1 Å². The highest BCUT2D eigenvalue weighted by Gasteiger charge is 2.12. The topological polar surface area (TPSA) is 60.0 Å². The van der Waals surface area contributed by atoms with Crippen LogP contribution in [0.2, 0.25) is 5.02 Å². The van der Waals surface area contributed by atoms with Crippen LogP contribution in [0.25, 0.3) is 5.69 Å². The van der Waals surface area contributed by atoms with Crippen molar-refractivity contribution in [1.82, 2.24) is 9.99 Å². The summed E-state index contributed by atoms with van der Waals surface area (Å²) >= 11 is 6.06. The number of nitrogens with two attached hydrogens (primary N) is 1. The Kier molecular flexibility index (Phi) is 3.17. The lowest BCUT2D eigenvalue weighted by molar-refractivity contribution is 0.0947. The summed E-state index contributed by atoms with van der Waals surface area (Å²) in [4.78, 5) is 11.6. The zero-order chi connectivity index (χ0) is 12.4. The fraction of sp³-hybridized carbons (Fsp3) is 0.0833. The highest BCUT2D eigenvalue weighted by Crippen LogP contribution is 2.23. The van der Waals surface area contributed by atoms with E-state index in [-0.39, 0.29) is 5.91 Å². The van der Waals surface area contributed by atoms with Gasteiger partial charge >= 0.3 is 0 Å². The highest BCUT2D eigenvalue weighted by molar-refractivity contribution is 6.31. The van der Waals surface area contributed by atoms with Crippen molar-refractivity contribution in [2.24, 2.45) is 5.84 Å². The maximum atomic E-state index is 11.6. The third-order valence-electron chi connectivity index (χ3n) is 2.61. The number of amides is 1. The molecule has 0 aliphatic carbocycles. The molecular weight excluding hydrogens is 238 g/mol. The molecule has 3 N–H and O–H groups in total. The Hall–Kier alpha value is -1.78. The molecule has 2 rings (SSSR count). The van der Waals surface area contributed by atoms with Gasteiger partial charge in [-0.3, -0.25) is 10.2 Å². The number of hydrogen-bond acceptors (Lipinski definition) is 2. The van der Waals surface area contributed by atoms with Crippen LogP contribution in [-0.4, -0.2) is 10.5 Å². The van der Waals surface area contributed by atoms with Gasteiger partial charge in [-0.2, -0.15) is 0 Å². The molecule has 0 bridgehead atoms. The molecule has 0 unspecified atom stereocenters. The zero-order valence-electron chi connectivity index (χ0n) is 9.27. The van der Waals surface area contributed by atoms with E-state index >= 15 is 0 Å². The number of hydrogen-bond donors (Lipinski definition) is 2. The van der Waals surface area contributed by atoms with E-state index in [1.807, 2.05) is 25.1 Å². The molecule has 4 nitrogen and oxygen atoms in total. The fourth-order valence-corrected chi connectivity index (χ4v) is 1.88. The molecule has 1 aromatic carbocycles. The molecule has 0 radical (unpaired) electrons. The molecule has 0 saturated carbocycles. The van der Waals surface area contributed by atoms with E-state index in [0.717, 1.165) is 11.3 Å². The minimum Gasteiger partial charge on any atom is -0.312 e. The van der Waals surface area contributed by atoms with E-state index in [2.05, 4.69) is 5.43 Å². The third kappa shape index (κ3) is 2.05. The molecule has 0 saturated heterocycles. The van der Waals surface area contributed by atoms with Crippen LogP contribution in [0.15, 0.2) is 36.5 Å². The van der Waals surface area contributed by atoms with Crippen LogP contribution >= 0.6 is 11.6 Å². The Morgan fingerprint density at radius 1 is 1.35 bits per heavy atom. The van der Waals surface area contributed by atoms with E-state index in [1.165, 1.54) is 0 Å². The molecule has 0 aliphatic heterocycles. The summed E-state index contributed by atoms with van der Waals surface area (Å²) in [5.74, 6) is 4.80. The van der Waals surface area contributed by atoms with E-state index in [4.69, 9.17) is 17.4 Å². The molecule has 1 aromatic heterocycles. The second kappa shape index (κ2) is 4.61. The van der Waals surface area contributed by atoms with E-state index in [1.54, 1.807) is 22.9 Å². The zero-order valence-corrected chi connectivity index (χ0v) is 10.0. The van der Waals surface area contributed by atoms with Crippen molar-refractivity contribution in [1.29, 1.82) is 0 Å². The van der Waals surface area contributed by atoms with E-state index < -0.39 is 0 Å². The molecule has 1 heterocycles. The number of rotatable bonds is 2. The van der Waals surface area contributed by atoms with Gasteiger partial charge < -0.3 is 4.57 Å². The van der Waals surface area contributed by atoms with Crippen LogP contribution in [0, 0.1) is 6.92 Å². The summed E-state index contributed by atoms with van der Waals surface area (Å²) in [7, 11) is 0. The van der Waals surface area contributed by atoms with Gasteiger partial charge in [-0.25, -0.2) is 5.84 Å². The first-order valence-corrected chi connectivity index (χ1v) is 5.46. The molecule has 88 valence electrons. The van der Waals surface area contributed by atoms with Gasteiger partial charge in [0.2, 0.25) is 0 Å². The lowest BCUT2D eigenvalue weighted by Crippen LogP contribution is -2.31. The summed E-state index contributed by atoms with van der Waals surface area (Å²) in [6.07, 6.45) is 1.79. The van der Waals surface area contributed by atoms with Gasteiger partial charge in [-0.1, -0.05) is 17.7 Å². The minimum absolute atomic E-state index is 0.339. The van der Waals surface area contributed by atoms with Crippen molar-refractivity contribution in [3.63, 3.8) is 0 Å². The Morgan fingerprint density at radius 2 is 2.12 bits per heavy atom. The number of aromatic nitrogens is 1. The minimum atomic E-state index is -0.339. The maximum Gasteiger partial charge on any atom is 0.282 e. The molecule has 2 aromatic rings. The first kappa shape index (κ1) is 11.7. The number of nitrogens with one attached hydrogen (secondary N) is 1. The van der Waals surface area contributed by atoms with Crippen molar-refractivity contribution in [2.75, 3.05) is 0 Å². The quantitative estimate of drug-likeness (QED) is 0.486. The Balaban J connectivity index is 2.58. The number of hydrazine groups is 1. The average molecular weight is 250 g/mol.